The molecular weight excluding hydrogens is 413 g/mol. The average Bonchev–Trinajstić information content (AvgIpc) is 3.40. The lowest BCUT2D eigenvalue weighted by molar-refractivity contribution is 0.496. The Hall–Kier alpha value is -3.20. The Morgan fingerprint density at radius 1 is 1.13 bits per heavy atom. The summed E-state index contributed by atoms with van der Waals surface area (Å²) in [5.74, 6) is 2.93. The zero-order valence-electron chi connectivity index (χ0n) is 17.7. The third-order valence-electron chi connectivity index (χ3n) is 5.55. The minimum absolute atomic E-state index is 0.0782. The first kappa shape index (κ1) is 19.7. The third-order valence-corrected chi connectivity index (χ3v) is 6.37. The topological polar surface area (TPSA) is 72.6 Å². The molecule has 3 aromatic heterocycles. The van der Waals surface area contributed by atoms with Gasteiger partial charge in [0.25, 0.3) is 0 Å². The molecular formula is C22H22FN7S. The molecule has 31 heavy (non-hydrogen) atoms. The fourth-order valence-corrected chi connectivity index (χ4v) is 4.94. The van der Waals surface area contributed by atoms with Crippen LogP contribution in [0.15, 0.2) is 36.0 Å². The van der Waals surface area contributed by atoms with E-state index in [2.05, 4.69) is 50.4 Å². The summed E-state index contributed by atoms with van der Waals surface area (Å²) in [4.78, 5) is 17.4. The highest BCUT2D eigenvalue weighted by molar-refractivity contribution is 7.13. The van der Waals surface area contributed by atoms with Gasteiger partial charge in [-0.05, 0) is 51.5 Å². The van der Waals surface area contributed by atoms with Crippen molar-refractivity contribution in [2.45, 2.75) is 46.2 Å². The summed E-state index contributed by atoms with van der Waals surface area (Å²) in [6.45, 7) is 8.41. The number of thiazole rings is 1. The summed E-state index contributed by atoms with van der Waals surface area (Å²) in [6, 6.07) is 6.63. The van der Waals surface area contributed by atoms with Crippen molar-refractivity contribution >= 4 is 17.2 Å². The molecule has 7 nitrogen and oxygen atoms in total. The van der Waals surface area contributed by atoms with Crippen molar-refractivity contribution < 1.29 is 4.39 Å². The normalized spacial score (nSPS) is 15.3. The Balaban J connectivity index is 1.68. The molecule has 1 aliphatic heterocycles. The lowest BCUT2D eigenvalue weighted by atomic mass is 10.1. The van der Waals surface area contributed by atoms with Crippen molar-refractivity contribution in [1.82, 2.24) is 29.7 Å². The van der Waals surface area contributed by atoms with Crippen molar-refractivity contribution in [3.63, 3.8) is 0 Å². The molecule has 0 saturated carbocycles. The van der Waals surface area contributed by atoms with Gasteiger partial charge in [-0.2, -0.15) is 0 Å². The SMILES string of the molecule is CCC1c2nnc(C)n2-c2cnc(-c3scnc3-c3ccc(F)cc3)nc2N1C(C)C. The van der Waals surface area contributed by atoms with Crippen molar-refractivity contribution in [3.05, 3.63) is 53.4 Å². The summed E-state index contributed by atoms with van der Waals surface area (Å²) in [5, 5.41) is 8.76. The van der Waals surface area contributed by atoms with E-state index in [0.29, 0.717) is 5.82 Å². The number of aryl methyl sites for hydroxylation is 1. The van der Waals surface area contributed by atoms with Crippen molar-refractivity contribution in [2.24, 2.45) is 0 Å². The van der Waals surface area contributed by atoms with Gasteiger partial charge in [-0.15, -0.1) is 21.5 Å². The van der Waals surface area contributed by atoms with Gasteiger partial charge in [0, 0.05) is 11.6 Å². The predicted molar refractivity (Wildman–Crippen MR) is 119 cm³/mol. The average molecular weight is 436 g/mol. The number of fused-ring (bicyclic) bond motifs is 3. The van der Waals surface area contributed by atoms with Crippen LogP contribution < -0.4 is 4.90 Å². The first-order valence-corrected chi connectivity index (χ1v) is 11.1. The molecule has 0 radical (unpaired) electrons. The predicted octanol–water partition coefficient (Wildman–Crippen LogP) is 4.97. The molecule has 4 aromatic rings. The van der Waals surface area contributed by atoms with E-state index in [4.69, 9.17) is 4.98 Å². The Bertz CT molecular complexity index is 1250. The molecule has 0 amide bonds. The number of hydrogen-bond donors (Lipinski definition) is 0. The molecule has 1 atom stereocenters. The van der Waals surface area contributed by atoms with Crippen LogP contribution in [0.5, 0.6) is 0 Å². The minimum Gasteiger partial charge on any atom is -0.342 e. The van der Waals surface area contributed by atoms with Crippen LogP contribution in [0.1, 0.15) is 44.9 Å². The lowest BCUT2D eigenvalue weighted by Gasteiger charge is -2.39. The fraction of sp³-hybridized carbons (Fsp3) is 0.318. The molecule has 0 aliphatic carbocycles. The van der Waals surface area contributed by atoms with E-state index in [9.17, 15) is 4.39 Å². The Morgan fingerprint density at radius 3 is 2.61 bits per heavy atom. The maximum atomic E-state index is 13.4. The zero-order valence-corrected chi connectivity index (χ0v) is 18.6. The van der Waals surface area contributed by atoms with Gasteiger partial charge >= 0.3 is 0 Å². The number of hydrogen-bond acceptors (Lipinski definition) is 7. The van der Waals surface area contributed by atoms with Gasteiger partial charge in [-0.3, -0.25) is 4.57 Å². The zero-order chi connectivity index (χ0) is 21.7. The number of aromatic nitrogens is 6. The standard InChI is InChI=1S/C22H22FN7S/c1-5-16-22-28-27-13(4)30(22)17-10-24-20(26-21(17)29(16)12(2)3)19-18(25-11-31-19)14-6-8-15(23)9-7-14/h6-12,16H,5H2,1-4H3. The number of nitrogens with zero attached hydrogens (tertiary/aromatic N) is 7. The Labute approximate surface area is 183 Å². The summed E-state index contributed by atoms with van der Waals surface area (Å²) in [6.07, 6.45) is 2.73. The maximum Gasteiger partial charge on any atom is 0.174 e. The van der Waals surface area contributed by atoms with Crippen molar-refractivity contribution in [3.8, 4) is 27.6 Å². The van der Waals surface area contributed by atoms with Gasteiger partial charge in [0.05, 0.1) is 28.3 Å². The molecule has 9 heteroatoms. The highest BCUT2D eigenvalue weighted by Gasteiger charge is 2.36. The van der Waals surface area contributed by atoms with Crippen LogP contribution in [0.3, 0.4) is 0 Å². The lowest BCUT2D eigenvalue weighted by Crippen LogP contribution is -2.40. The van der Waals surface area contributed by atoms with E-state index >= 15 is 0 Å². The van der Waals surface area contributed by atoms with Gasteiger partial charge in [0.15, 0.2) is 17.5 Å². The van der Waals surface area contributed by atoms with Crippen LogP contribution in [0.4, 0.5) is 10.2 Å². The van der Waals surface area contributed by atoms with Gasteiger partial charge in [0.1, 0.15) is 17.3 Å². The highest BCUT2D eigenvalue weighted by Crippen LogP contribution is 2.41. The molecule has 0 saturated heterocycles. The number of rotatable bonds is 4. The highest BCUT2D eigenvalue weighted by atomic mass is 32.1. The van der Waals surface area contributed by atoms with Crippen LogP contribution in [-0.2, 0) is 0 Å². The van der Waals surface area contributed by atoms with Crippen molar-refractivity contribution in [1.29, 1.82) is 0 Å². The van der Waals surface area contributed by atoms with Gasteiger partial charge < -0.3 is 4.90 Å². The molecule has 0 spiro atoms. The first-order chi connectivity index (χ1) is 15.0. The molecule has 4 heterocycles. The van der Waals surface area contributed by atoms with E-state index in [1.54, 1.807) is 17.6 Å². The molecule has 158 valence electrons. The molecule has 1 unspecified atom stereocenters. The van der Waals surface area contributed by atoms with Crippen LogP contribution in [-0.4, -0.2) is 35.8 Å². The second kappa shape index (κ2) is 7.49. The Kier molecular flexibility index (Phi) is 4.77. The number of anilines is 1. The largest absolute Gasteiger partial charge is 0.342 e. The molecule has 5 rings (SSSR count). The quantitative estimate of drug-likeness (QED) is 0.450. The summed E-state index contributed by atoms with van der Waals surface area (Å²) >= 11 is 1.48. The molecule has 0 bridgehead atoms. The van der Waals surface area contributed by atoms with E-state index in [-0.39, 0.29) is 17.9 Å². The van der Waals surface area contributed by atoms with Crippen LogP contribution in [0, 0.1) is 12.7 Å². The van der Waals surface area contributed by atoms with Crippen LogP contribution in [0.2, 0.25) is 0 Å². The molecule has 1 aliphatic rings. The second-order valence-corrected chi connectivity index (χ2v) is 8.66. The van der Waals surface area contributed by atoms with E-state index in [1.807, 2.05) is 13.1 Å². The molecule has 1 aromatic carbocycles. The second-order valence-electron chi connectivity index (χ2n) is 7.81. The smallest absolute Gasteiger partial charge is 0.174 e. The summed E-state index contributed by atoms with van der Waals surface area (Å²) in [7, 11) is 0. The summed E-state index contributed by atoms with van der Waals surface area (Å²) in [5.41, 5.74) is 4.24. The number of halogens is 1. The molecule has 0 N–H and O–H groups in total. The molecule has 0 fully saturated rings. The van der Waals surface area contributed by atoms with Crippen LogP contribution >= 0.6 is 11.3 Å². The van der Waals surface area contributed by atoms with Gasteiger partial charge in [-0.25, -0.2) is 19.3 Å². The summed E-state index contributed by atoms with van der Waals surface area (Å²) < 4.78 is 15.5. The van der Waals surface area contributed by atoms with E-state index in [0.717, 1.165) is 45.7 Å². The number of benzene rings is 1. The fourth-order valence-electron chi connectivity index (χ4n) is 4.19. The maximum absolute atomic E-state index is 13.4. The Morgan fingerprint density at radius 2 is 1.90 bits per heavy atom. The third kappa shape index (κ3) is 3.11. The first-order valence-electron chi connectivity index (χ1n) is 10.3. The van der Waals surface area contributed by atoms with Gasteiger partial charge in [-0.1, -0.05) is 6.92 Å². The van der Waals surface area contributed by atoms with Crippen molar-refractivity contribution in [2.75, 3.05) is 4.90 Å². The van der Waals surface area contributed by atoms with Crippen LogP contribution in [0.25, 0.3) is 27.6 Å². The monoisotopic (exact) mass is 435 g/mol. The van der Waals surface area contributed by atoms with E-state index in [1.165, 1.54) is 23.5 Å². The van der Waals surface area contributed by atoms with Gasteiger partial charge in [0.2, 0.25) is 0 Å². The van der Waals surface area contributed by atoms with E-state index < -0.39 is 0 Å². The minimum atomic E-state index is -0.274.